The van der Waals surface area contributed by atoms with E-state index in [4.69, 9.17) is 9.26 Å². The lowest BCUT2D eigenvalue weighted by atomic mass is 10.2. The van der Waals surface area contributed by atoms with Crippen LogP contribution in [0.3, 0.4) is 0 Å². The monoisotopic (exact) mass is 389 g/mol. The SMILES string of the molecule is Cn1nc(-c2ccncc2)cc1-c1nc(-c2ccc(N3CCOCC3)nc2)no1. The van der Waals surface area contributed by atoms with Crippen LogP contribution in [0.2, 0.25) is 0 Å². The molecule has 0 unspecified atom stereocenters. The number of nitrogens with zero attached hydrogens (tertiary/aromatic N) is 7. The summed E-state index contributed by atoms with van der Waals surface area (Å²) in [4.78, 5) is 15.3. The van der Waals surface area contributed by atoms with Crippen molar-refractivity contribution in [1.29, 1.82) is 0 Å². The smallest absolute Gasteiger partial charge is 0.276 e. The van der Waals surface area contributed by atoms with E-state index in [1.807, 2.05) is 37.4 Å². The lowest BCUT2D eigenvalue weighted by molar-refractivity contribution is 0.122. The van der Waals surface area contributed by atoms with E-state index in [2.05, 4.69) is 30.1 Å². The lowest BCUT2D eigenvalue weighted by Crippen LogP contribution is -2.36. The van der Waals surface area contributed by atoms with Crippen LogP contribution < -0.4 is 4.90 Å². The van der Waals surface area contributed by atoms with Crippen LogP contribution in [0.5, 0.6) is 0 Å². The van der Waals surface area contributed by atoms with Gasteiger partial charge in [0.1, 0.15) is 11.5 Å². The molecule has 0 atom stereocenters. The molecule has 4 aromatic rings. The van der Waals surface area contributed by atoms with Crippen LogP contribution in [0.25, 0.3) is 34.2 Å². The molecule has 5 heterocycles. The molecule has 1 aliphatic heterocycles. The van der Waals surface area contributed by atoms with Gasteiger partial charge < -0.3 is 14.2 Å². The van der Waals surface area contributed by atoms with Crippen LogP contribution in [-0.2, 0) is 11.8 Å². The number of pyridine rings is 2. The van der Waals surface area contributed by atoms with Crippen molar-refractivity contribution < 1.29 is 9.26 Å². The van der Waals surface area contributed by atoms with Gasteiger partial charge in [0.15, 0.2) is 0 Å². The molecule has 5 rings (SSSR count). The standard InChI is InChI=1S/C20H19N7O2/c1-26-17(12-16(24-26)14-4-6-21-7-5-14)20-23-19(25-29-20)15-2-3-18(22-13-15)27-8-10-28-11-9-27/h2-7,12-13H,8-11H2,1H3. The van der Waals surface area contributed by atoms with Crippen molar-refractivity contribution in [1.82, 2.24) is 29.9 Å². The molecule has 9 nitrogen and oxygen atoms in total. The Bertz CT molecular complexity index is 1100. The number of ether oxygens (including phenoxy) is 1. The van der Waals surface area contributed by atoms with Gasteiger partial charge in [0.2, 0.25) is 5.82 Å². The topological polar surface area (TPSA) is 95.0 Å². The Balaban J connectivity index is 1.39. The minimum absolute atomic E-state index is 0.410. The van der Waals surface area contributed by atoms with Gasteiger partial charge in [-0.1, -0.05) is 5.16 Å². The molecule has 0 spiro atoms. The molecule has 1 fully saturated rings. The summed E-state index contributed by atoms with van der Waals surface area (Å²) in [6.07, 6.45) is 5.25. The van der Waals surface area contributed by atoms with Crippen LogP contribution in [0.15, 0.2) is 53.4 Å². The van der Waals surface area contributed by atoms with Crippen LogP contribution in [0, 0.1) is 0 Å². The molecular formula is C20H19N7O2. The molecule has 1 saturated heterocycles. The molecule has 29 heavy (non-hydrogen) atoms. The van der Waals surface area contributed by atoms with Crippen molar-refractivity contribution in [3.63, 3.8) is 0 Å². The Hall–Kier alpha value is -3.59. The number of morpholine rings is 1. The first-order valence-electron chi connectivity index (χ1n) is 9.35. The van der Waals surface area contributed by atoms with Crippen LogP contribution in [0.4, 0.5) is 5.82 Å². The van der Waals surface area contributed by atoms with E-state index in [-0.39, 0.29) is 0 Å². The largest absolute Gasteiger partial charge is 0.378 e. The van der Waals surface area contributed by atoms with Gasteiger partial charge in [-0.25, -0.2) is 4.98 Å². The van der Waals surface area contributed by atoms with E-state index in [1.165, 1.54) is 0 Å². The average molecular weight is 389 g/mol. The molecular weight excluding hydrogens is 370 g/mol. The van der Waals surface area contributed by atoms with Crippen LogP contribution in [0.1, 0.15) is 0 Å². The second kappa shape index (κ2) is 7.44. The summed E-state index contributed by atoms with van der Waals surface area (Å²) in [5.74, 6) is 1.83. The quantitative estimate of drug-likeness (QED) is 0.525. The summed E-state index contributed by atoms with van der Waals surface area (Å²) in [5.41, 5.74) is 3.34. The third-order valence-corrected chi connectivity index (χ3v) is 4.84. The number of aromatic nitrogens is 6. The fraction of sp³-hybridized carbons (Fsp3) is 0.250. The van der Waals surface area contributed by atoms with Crippen molar-refractivity contribution in [2.75, 3.05) is 31.2 Å². The Labute approximate surface area is 167 Å². The fourth-order valence-electron chi connectivity index (χ4n) is 3.27. The Morgan fingerprint density at radius 3 is 2.59 bits per heavy atom. The molecule has 0 aliphatic carbocycles. The highest BCUT2D eigenvalue weighted by Gasteiger charge is 2.17. The Kier molecular flexibility index (Phi) is 4.49. The summed E-state index contributed by atoms with van der Waals surface area (Å²) in [7, 11) is 1.85. The lowest BCUT2D eigenvalue weighted by Gasteiger charge is -2.27. The molecule has 0 bridgehead atoms. The number of rotatable bonds is 4. The predicted molar refractivity (Wildman–Crippen MR) is 106 cm³/mol. The normalized spacial score (nSPS) is 14.3. The minimum Gasteiger partial charge on any atom is -0.378 e. The van der Waals surface area contributed by atoms with E-state index in [0.29, 0.717) is 11.7 Å². The summed E-state index contributed by atoms with van der Waals surface area (Å²) in [6.45, 7) is 3.14. The van der Waals surface area contributed by atoms with E-state index < -0.39 is 0 Å². The first-order valence-corrected chi connectivity index (χ1v) is 9.35. The Morgan fingerprint density at radius 2 is 1.83 bits per heavy atom. The van der Waals surface area contributed by atoms with Crippen molar-refractivity contribution in [2.24, 2.45) is 7.05 Å². The predicted octanol–water partition coefficient (Wildman–Crippen LogP) is 2.43. The van der Waals surface area contributed by atoms with Crippen LogP contribution in [-0.4, -0.2) is 56.2 Å². The third kappa shape index (κ3) is 3.47. The summed E-state index contributed by atoms with van der Waals surface area (Å²) in [5, 5.41) is 8.65. The molecule has 146 valence electrons. The molecule has 1 aliphatic rings. The molecule has 9 heteroatoms. The van der Waals surface area contributed by atoms with Gasteiger partial charge >= 0.3 is 0 Å². The maximum absolute atomic E-state index is 5.49. The highest BCUT2D eigenvalue weighted by molar-refractivity contribution is 5.65. The van der Waals surface area contributed by atoms with E-state index >= 15 is 0 Å². The zero-order valence-electron chi connectivity index (χ0n) is 15.9. The molecule has 0 amide bonds. The van der Waals surface area contributed by atoms with E-state index in [1.54, 1.807) is 23.3 Å². The van der Waals surface area contributed by atoms with Gasteiger partial charge in [0, 0.05) is 49.9 Å². The second-order valence-corrected chi connectivity index (χ2v) is 6.70. The van der Waals surface area contributed by atoms with E-state index in [0.717, 1.165) is 54.6 Å². The summed E-state index contributed by atoms with van der Waals surface area (Å²) < 4.78 is 12.6. The molecule has 0 saturated carbocycles. The molecule has 0 radical (unpaired) electrons. The van der Waals surface area contributed by atoms with E-state index in [9.17, 15) is 0 Å². The van der Waals surface area contributed by atoms with Gasteiger partial charge in [-0.2, -0.15) is 10.1 Å². The molecule has 4 aromatic heterocycles. The van der Waals surface area contributed by atoms with Gasteiger partial charge in [-0.3, -0.25) is 9.67 Å². The number of aryl methyl sites for hydroxylation is 1. The van der Waals surface area contributed by atoms with Crippen molar-refractivity contribution >= 4 is 5.82 Å². The van der Waals surface area contributed by atoms with Crippen LogP contribution >= 0.6 is 0 Å². The van der Waals surface area contributed by atoms with Crippen molar-refractivity contribution in [3.8, 4) is 34.2 Å². The maximum atomic E-state index is 5.49. The number of hydrogen-bond donors (Lipinski definition) is 0. The minimum atomic E-state index is 0.410. The summed E-state index contributed by atoms with van der Waals surface area (Å²) in [6, 6.07) is 9.67. The third-order valence-electron chi connectivity index (χ3n) is 4.84. The van der Waals surface area contributed by atoms with Crippen molar-refractivity contribution in [3.05, 3.63) is 48.9 Å². The van der Waals surface area contributed by atoms with Gasteiger partial charge in [0.25, 0.3) is 5.89 Å². The average Bonchev–Trinajstić information content (AvgIpc) is 3.42. The molecule has 0 N–H and O–H groups in total. The number of hydrogen-bond acceptors (Lipinski definition) is 8. The van der Waals surface area contributed by atoms with Gasteiger partial charge in [0.05, 0.1) is 18.9 Å². The zero-order chi connectivity index (χ0) is 19.6. The fourth-order valence-corrected chi connectivity index (χ4v) is 3.27. The van der Waals surface area contributed by atoms with Gasteiger partial charge in [-0.15, -0.1) is 0 Å². The first kappa shape index (κ1) is 17.5. The molecule has 0 aromatic carbocycles. The summed E-state index contributed by atoms with van der Waals surface area (Å²) >= 11 is 0. The Morgan fingerprint density at radius 1 is 1.00 bits per heavy atom. The van der Waals surface area contributed by atoms with Gasteiger partial charge in [-0.05, 0) is 30.3 Å². The van der Waals surface area contributed by atoms with Crippen molar-refractivity contribution in [2.45, 2.75) is 0 Å². The second-order valence-electron chi connectivity index (χ2n) is 6.70. The maximum Gasteiger partial charge on any atom is 0.276 e. The highest BCUT2D eigenvalue weighted by atomic mass is 16.5. The first-order chi connectivity index (χ1) is 14.3. The highest BCUT2D eigenvalue weighted by Crippen LogP contribution is 2.26. The zero-order valence-corrected chi connectivity index (χ0v) is 15.9. The number of anilines is 1.